The van der Waals surface area contributed by atoms with Crippen molar-refractivity contribution in [1.29, 1.82) is 5.41 Å². The molecule has 0 spiro atoms. The van der Waals surface area contributed by atoms with Gasteiger partial charge >= 0.3 is 11.9 Å². The van der Waals surface area contributed by atoms with Crippen LogP contribution < -0.4 is 21.7 Å². The van der Waals surface area contributed by atoms with Gasteiger partial charge in [-0.25, -0.2) is 15.6 Å². The summed E-state index contributed by atoms with van der Waals surface area (Å²) in [6, 6.07) is 14.9. The maximum atomic E-state index is 12.7. The Morgan fingerprint density at radius 2 is 1.81 bits per heavy atom. The Balaban J connectivity index is 1.94. The molecule has 7 N–H and O–H groups in total. The molecule has 0 atom stereocenters. The normalized spacial score (nSPS) is 10.9. The minimum atomic E-state index is -0.960. The number of aliphatic imine (C=N–C) groups is 1. The topological polar surface area (TPSA) is 164 Å². The Morgan fingerprint density at radius 1 is 1.10 bits per heavy atom. The van der Waals surface area contributed by atoms with E-state index in [0.717, 1.165) is 10.8 Å². The number of nitrogens with one attached hydrogen (secondary N) is 2. The maximum absolute atomic E-state index is 12.7. The van der Waals surface area contributed by atoms with Gasteiger partial charge in [0.1, 0.15) is 17.9 Å². The molecule has 0 aliphatic rings. The lowest BCUT2D eigenvalue weighted by Gasteiger charge is -2.14. The first-order valence-corrected chi connectivity index (χ1v) is 9.32. The molecule has 0 fully saturated rings. The number of carboxylic acid groups (broad SMARTS) is 1. The standard InChI is InChI=1S/C22H21N5O4/c23-21(24)15-3-7-17-14(11-15)4-9-19(18(17)8-10-20(28)29)31-22(30)13-1-5-16(6-2-13)26-12-27-25/h1-7,9,11-12H,8,10,25H2,(H3,23,24)(H,26,27)(H,28,29). The van der Waals surface area contributed by atoms with Gasteiger partial charge in [-0.3, -0.25) is 10.2 Å². The van der Waals surface area contributed by atoms with Crippen molar-refractivity contribution in [3.8, 4) is 5.75 Å². The van der Waals surface area contributed by atoms with Crippen LogP contribution in [0, 0.1) is 5.41 Å². The molecule has 0 aliphatic heterocycles. The second-order valence-electron chi connectivity index (χ2n) is 6.65. The summed E-state index contributed by atoms with van der Waals surface area (Å²) in [5, 5.41) is 18.2. The first-order chi connectivity index (χ1) is 14.9. The smallest absolute Gasteiger partial charge is 0.343 e. The number of esters is 1. The molecule has 9 nitrogen and oxygen atoms in total. The van der Waals surface area contributed by atoms with E-state index in [1.165, 1.54) is 6.34 Å². The number of hydrogen-bond acceptors (Lipinski definition) is 6. The van der Waals surface area contributed by atoms with E-state index in [4.69, 9.17) is 26.8 Å². The molecule has 0 bridgehead atoms. The van der Waals surface area contributed by atoms with Gasteiger partial charge in [-0.05, 0) is 53.6 Å². The molecule has 0 saturated carbocycles. The first kappa shape index (κ1) is 21.5. The Labute approximate surface area is 177 Å². The summed E-state index contributed by atoms with van der Waals surface area (Å²) in [5.41, 5.74) is 9.91. The van der Waals surface area contributed by atoms with Crippen LogP contribution in [0.1, 0.15) is 27.9 Å². The molecule has 3 rings (SSSR count). The number of carbonyl (C=O) groups excluding carboxylic acids is 1. The highest BCUT2D eigenvalue weighted by Crippen LogP contribution is 2.31. The van der Waals surface area contributed by atoms with Crippen LogP contribution in [0.15, 0.2) is 59.6 Å². The van der Waals surface area contributed by atoms with Gasteiger partial charge in [0, 0.05) is 17.5 Å². The van der Waals surface area contributed by atoms with Gasteiger partial charge in [0.25, 0.3) is 0 Å². The van der Waals surface area contributed by atoms with E-state index in [1.807, 2.05) is 0 Å². The SMILES string of the molecule is N=C(N)c1ccc2c(CCC(=O)O)c(OC(=O)c3ccc(N=CNN)cc3)ccc2c1. The molecule has 0 aromatic heterocycles. The van der Waals surface area contributed by atoms with Gasteiger partial charge in [-0.15, -0.1) is 0 Å². The zero-order valence-corrected chi connectivity index (χ0v) is 16.5. The molecule has 158 valence electrons. The van der Waals surface area contributed by atoms with Gasteiger partial charge < -0.3 is 21.0 Å². The van der Waals surface area contributed by atoms with Crippen LogP contribution in [-0.4, -0.2) is 29.2 Å². The lowest BCUT2D eigenvalue weighted by Crippen LogP contribution is -2.18. The quantitative estimate of drug-likeness (QED) is 0.0934. The highest BCUT2D eigenvalue weighted by Gasteiger charge is 2.16. The Hall–Kier alpha value is -4.24. The molecule has 31 heavy (non-hydrogen) atoms. The second-order valence-corrected chi connectivity index (χ2v) is 6.65. The van der Waals surface area contributed by atoms with Crippen LogP contribution >= 0.6 is 0 Å². The van der Waals surface area contributed by atoms with E-state index in [1.54, 1.807) is 54.6 Å². The van der Waals surface area contributed by atoms with Crippen molar-refractivity contribution >= 4 is 40.6 Å². The van der Waals surface area contributed by atoms with Crippen molar-refractivity contribution in [2.75, 3.05) is 0 Å². The maximum Gasteiger partial charge on any atom is 0.343 e. The summed E-state index contributed by atoms with van der Waals surface area (Å²) < 4.78 is 5.60. The number of nitrogen functional groups attached to an aromatic ring is 1. The third-order valence-corrected chi connectivity index (χ3v) is 4.58. The number of hydrazine groups is 1. The highest BCUT2D eigenvalue weighted by molar-refractivity contribution is 6.00. The van der Waals surface area contributed by atoms with E-state index >= 15 is 0 Å². The number of carboxylic acids is 1. The number of ether oxygens (including phenoxy) is 1. The van der Waals surface area contributed by atoms with Crippen LogP contribution in [0.4, 0.5) is 5.69 Å². The summed E-state index contributed by atoms with van der Waals surface area (Å²) in [4.78, 5) is 27.8. The molecular weight excluding hydrogens is 398 g/mol. The molecule has 0 amide bonds. The number of nitrogens with zero attached hydrogens (tertiary/aromatic N) is 1. The molecule has 0 unspecified atom stereocenters. The van der Waals surface area contributed by atoms with Crippen molar-refractivity contribution in [2.45, 2.75) is 12.8 Å². The zero-order valence-electron chi connectivity index (χ0n) is 16.5. The number of aliphatic carboxylic acids is 1. The highest BCUT2D eigenvalue weighted by atomic mass is 16.5. The van der Waals surface area contributed by atoms with E-state index in [2.05, 4.69) is 10.4 Å². The number of hydrogen-bond donors (Lipinski definition) is 5. The van der Waals surface area contributed by atoms with E-state index in [9.17, 15) is 9.59 Å². The van der Waals surface area contributed by atoms with E-state index in [-0.39, 0.29) is 24.4 Å². The summed E-state index contributed by atoms with van der Waals surface area (Å²) in [6.07, 6.45) is 1.36. The fourth-order valence-corrected chi connectivity index (χ4v) is 3.08. The Morgan fingerprint density at radius 3 is 2.45 bits per heavy atom. The van der Waals surface area contributed by atoms with Crippen LogP contribution in [0.2, 0.25) is 0 Å². The van der Waals surface area contributed by atoms with Crippen molar-refractivity contribution in [3.63, 3.8) is 0 Å². The second kappa shape index (κ2) is 9.51. The van der Waals surface area contributed by atoms with Crippen LogP contribution in [0.25, 0.3) is 10.8 Å². The summed E-state index contributed by atoms with van der Waals surface area (Å²) in [5.74, 6) is 3.80. The van der Waals surface area contributed by atoms with E-state index in [0.29, 0.717) is 22.4 Å². The minimum absolute atomic E-state index is 0.0699. The molecule has 3 aromatic rings. The third-order valence-electron chi connectivity index (χ3n) is 4.58. The third kappa shape index (κ3) is 5.22. The number of rotatable bonds is 8. The monoisotopic (exact) mass is 419 g/mol. The molecule has 9 heteroatoms. The number of nitrogens with two attached hydrogens (primary N) is 2. The van der Waals surface area contributed by atoms with Gasteiger partial charge in [0.05, 0.1) is 11.3 Å². The molecular formula is C22H21N5O4. The lowest BCUT2D eigenvalue weighted by atomic mass is 9.97. The average Bonchev–Trinajstić information content (AvgIpc) is 2.76. The fraction of sp³-hybridized carbons (Fsp3) is 0.0909. The Kier molecular flexibility index (Phi) is 6.58. The average molecular weight is 419 g/mol. The lowest BCUT2D eigenvalue weighted by molar-refractivity contribution is -0.136. The predicted molar refractivity (Wildman–Crippen MR) is 118 cm³/mol. The summed E-state index contributed by atoms with van der Waals surface area (Å²) in [7, 11) is 0. The van der Waals surface area contributed by atoms with Gasteiger partial charge in [0.15, 0.2) is 0 Å². The summed E-state index contributed by atoms with van der Waals surface area (Å²) >= 11 is 0. The van der Waals surface area contributed by atoms with Crippen molar-refractivity contribution in [2.24, 2.45) is 16.6 Å². The number of fused-ring (bicyclic) bond motifs is 1. The molecule has 0 radical (unpaired) electrons. The van der Waals surface area contributed by atoms with Crippen molar-refractivity contribution < 1.29 is 19.4 Å². The van der Waals surface area contributed by atoms with E-state index < -0.39 is 11.9 Å². The molecule has 0 aliphatic carbocycles. The van der Waals surface area contributed by atoms with Crippen LogP contribution in [-0.2, 0) is 11.2 Å². The number of aryl methyl sites for hydroxylation is 1. The zero-order chi connectivity index (χ0) is 22.4. The first-order valence-electron chi connectivity index (χ1n) is 9.32. The molecule has 0 heterocycles. The van der Waals surface area contributed by atoms with Gasteiger partial charge in [-0.1, -0.05) is 18.2 Å². The van der Waals surface area contributed by atoms with Crippen molar-refractivity contribution in [3.05, 3.63) is 71.3 Å². The number of carbonyl (C=O) groups is 2. The van der Waals surface area contributed by atoms with Crippen molar-refractivity contribution in [1.82, 2.24) is 5.43 Å². The minimum Gasteiger partial charge on any atom is -0.481 e. The van der Waals surface area contributed by atoms with Gasteiger partial charge in [0.2, 0.25) is 0 Å². The van der Waals surface area contributed by atoms with Crippen LogP contribution in [0.3, 0.4) is 0 Å². The molecule has 0 saturated heterocycles. The number of amidine groups is 1. The Bertz CT molecular complexity index is 1170. The summed E-state index contributed by atoms with van der Waals surface area (Å²) in [6.45, 7) is 0. The van der Waals surface area contributed by atoms with Gasteiger partial charge in [-0.2, -0.15) is 0 Å². The number of benzene rings is 3. The fourth-order valence-electron chi connectivity index (χ4n) is 3.08. The largest absolute Gasteiger partial charge is 0.481 e. The van der Waals surface area contributed by atoms with Crippen LogP contribution in [0.5, 0.6) is 5.75 Å². The molecule has 3 aromatic carbocycles. The predicted octanol–water partition coefficient (Wildman–Crippen LogP) is 2.48.